The minimum atomic E-state index is -3.87. The lowest BCUT2D eigenvalue weighted by Gasteiger charge is -2.44. The molecule has 3 rings (SSSR count). The summed E-state index contributed by atoms with van der Waals surface area (Å²) < 4.78 is 160. The second kappa shape index (κ2) is 9.25. The molecular weight excluding hydrogens is 380 g/mol. The molecule has 0 saturated carbocycles. The van der Waals surface area contributed by atoms with Crippen molar-refractivity contribution in [2.75, 3.05) is 0 Å². The topological polar surface area (TPSA) is 72.8 Å². The molecule has 30 heavy (non-hydrogen) atoms. The Hall–Kier alpha value is -1.62. The van der Waals surface area contributed by atoms with Crippen LogP contribution >= 0.6 is 0 Å². The zero-order valence-corrected chi connectivity index (χ0v) is 16.8. The molecule has 1 N–H and O–H groups in total. The van der Waals surface area contributed by atoms with Gasteiger partial charge >= 0.3 is 11.9 Å². The Morgan fingerprint density at radius 3 is 3.10 bits per heavy atom. The van der Waals surface area contributed by atoms with Crippen LogP contribution in [0.25, 0.3) is 0 Å². The minimum Gasteiger partial charge on any atom is -0.462 e. The number of carbonyl (C=O) groups excluding carboxylic acids is 2. The zero-order valence-electron chi connectivity index (χ0n) is 34.8. The first kappa shape index (κ1) is 9.09. The maximum absolute atomic E-state index is 13.9. The molecule has 0 bridgehead atoms. The molecule has 0 aromatic rings. The highest BCUT2D eigenvalue weighted by atomic mass is 16.6. The molecular formula is C25H38O5. The van der Waals surface area contributed by atoms with E-state index in [0.29, 0.717) is 6.92 Å². The molecule has 3 unspecified atom stereocenters. The number of esters is 2. The van der Waals surface area contributed by atoms with E-state index in [9.17, 15) is 14.7 Å². The van der Waals surface area contributed by atoms with Crippen LogP contribution in [0.1, 0.15) is 97.5 Å². The minimum absolute atomic E-state index is 0.0488. The van der Waals surface area contributed by atoms with Gasteiger partial charge in [-0.3, -0.25) is 9.59 Å². The summed E-state index contributed by atoms with van der Waals surface area (Å²) in [7, 11) is 0. The van der Waals surface area contributed by atoms with Gasteiger partial charge in [0.2, 0.25) is 0 Å². The average molecular weight is 437 g/mol. The number of cyclic esters (lactones) is 1. The summed E-state index contributed by atoms with van der Waals surface area (Å²) in [5.74, 6) is -12.1. The van der Waals surface area contributed by atoms with E-state index in [1.54, 1.807) is 0 Å². The van der Waals surface area contributed by atoms with Gasteiger partial charge in [-0.15, -0.1) is 0 Å². The number of carbonyl (C=O) groups is 2. The quantitative estimate of drug-likeness (QED) is 0.617. The van der Waals surface area contributed by atoms with Crippen LogP contribution < -0.4 is 0 Å². The van der Waals surface area contributed by atoms with Crippen molar-refractivity contribution in [2.45, 2.75) is 91.1 Å². The molecule has 0 aromatic heterocycles. The van der Waals surface area contributed by atoms with Gasteiger partial charge in [0.15, 0.2) is 0 Å². The van der Waals surface area contributed by atoms with Crippen molar-refractivity contribution in [3.8, 4) is 0 Å². The smallest absolute Gasteiger partial charge is 0.311 e. The van der Waals surface area contributed by atoms with Crippen LogP contribution in [0.2, 0.25) is 0 Å². The maximum atomic E-state index is 13.9. The van der Waals surface area contributed by atoms with E-state index in [2.05, 4.69) is 0 Å². The lowest BCUT2D eigenvalue weighted by atomic mass is 9.65. The predicted octanol–water partition coefficient (Wildman–Crippen LogP) is 4.59. The molecule has 1 fully saturated rings. The van der Waals surface area contributed by atoms with Gasteiger partial charge in [0, 0.05) is 32.9 Å². The van der Waals surface area contributed by atoms with Crippen molar-refractivity contribution in [2.24, 2.45) is 29.0 Å². The predicted molar refractivity (Wildman–Crippen MR) is 115 cm³/mol. The Kier molecular flexibility index (Phi) is 2.80. The van der Waals surface area contributed by atoms with Crippen molar-refractivity contribution < 1.29 is 48.8 Å². The number of aliphatic hydroxyl groups is 1. The number of rotatable bonds is 6. The third-order valence-electron chi connectivity index (χ3n) is 5.52. The van der Waals surface area contributed by atoms with Crippen molar-refractivity contribution in [1.82, 2.24) is 0 Å². The van der Waals surface area contributed by atoms with Gasteiger partial charge in [-0.25, -0.2) is 0 Å². The highest BCUT2D eigenvalue weighted by Gasteiger charge is 2.43. The third-order valence-corrected chi connectivity index (χ3v) is 5.52. The summed E-state index contributed by atoms with van der Waals surface area (Å²) in [6.45, 7) is -9.73. The summed E-state index contributed by atoms with van der Waals surface area (Å²) in [4.78, 5) is 25.9. The number of ether oxygens (including phenoxy) is 2. The Morgan fingerprint density at radius 2 is 2.40 bits per heavy atom. The lowest BCUT2D eigenvalue weighted by molar-refractivity contribution is -0.166. The average Bonchev–Trinajstić information content (AvgIpc) is 2.89. The van der Waals surface area contributed by atoms with Gasteiger partial charge in [-0.05, 0) is 62.6 Å². The molecule has 2 aliphatic carbocycles. The summed E-state index contributed by atoms with van der Waals surface area (Å²) in [6.07, 6.45) is -13.1. The molecule has 5 nitrogen and oxygen atoms in total. The number of hydrogen-bond donors (Lipinski definition) is 1. The Labute approximate surface area is 206 Å². The van der Waals surface area contributed by atoms with E-state index in [4.69, 9.17) is 34.1 Å². The monoisotopic (exact) mass is 436 g/mol. The summed E-state index contributed by atoms with van der Waals surface area (Å²) >= 11 is 0. The van der Waals surface area contributed by atoms with Gasteiger partial charge in [-0.1, -0.05) is 38.8 Å². The van der Waals surface area contributed by atoms with Crippen LogP contribution in [-0.2, 0) is 19.1 Å². The molecule has 0 spiro atoms. The first-order chi connectivity index (χ1) is 21.2. The summed E-state index contributed by atoms with van der Waals surface area (Å²) in [6, 6.07) is -3.03. The van der Waals surface area contributed by atoms with Crippen LogP contribution in [0.4, 0.5) is 0 Å². The fourth-order valence-electron chi connectivity index (χ4n) is 3.88. The SMILES string of the molecule is [2H]C1=C([2H])[C@]([2H])(C)[C@H](CCC2C[C@@H](O)CC(=O)O2)[C@@H]2C1=C([2H])[C@]([2H])(C([2H])([2H])[2H])C([2H])([2H])C2OC(=O)C(C)(C([2H])([2H])[2H])C([2H])([2H])C([2H])([2H])[2H]. The Bertz CT molecular complexity index is 1380. The first-order valence-electron chi connectivity index (χ1n) is 18.7. The normalized spacial score (nSPS) is 56.2. The van der Waals surface area contributed by atoms with Crippen LogP contribution in [0.3, 0.4) is 0 Å². The van der Waals surface area contributed by atoms with Crippen LogP contribution in [0.15, 0.2) is 23.7 Å². The van der Waals surface area contributed by atoms with Crippen molar-refractivity contribution in [3.63, 3.8) is 0 Å². The van der Waals surface area contributed by atoms with Gasteiger partial charge in [0.05, 0.1) is 22.1 Å². The van der Waals surface area contributed by atoms with Gasteiger partial charge in [-0.2, -0.15) is 0 Å². The molecule has 0 aromatic carbocycles. The van der Waals surface area contributed by atoms with E-state index in [1.165, 1.54) is 0 Å². The van der Waals surface area contributed by atoms with Crippen LogP contribution in [0.5, 0.6) is 0 Å². The van der Waals surface area contributed by atoms with Crippen LogP contribution in [-0.4, -0.2) is 35.4 Å². The number of fused-ring (bicyclic) bond motifs is 1. The highest BCUT2D eigenvalue weighted by Crippen LogP contribution is 2.45. The van der Waals surface area contributed by atoms with Crippen molar-refractivity contribution in [1.29, 1.82) is 0 Å². The zero-order chi connectivity index (χ0) is 37.6. The molecule has 168 valence electrons. The van der Waals surface area contributed by atoms with Crippen molar-refractivity contribution in [3.05, 3.63) is 23.7 Å². The standard InChI is InChI=1S/C25H38O5/c1-6-25(4,5)24(28)30-21-12-15(2)11-17-8-7-16(3)20(23(17)21)10-9-19-13-18(26)14-22(27)29-19/h7-8,11,15-16,18-21,23,26H,6,9-10,12-14H2,1-5H3/t15-,16-,18+,19?,20-,21?,23-/m0/s1/i1D3,2D3,4D3,6D2,7D,8D,11D,12D2,15D,16D/t15-,16-,18+,19?,20-,21?,23-,25?. The van der Waals surface area contributed by atoms with E-state index in [-0.39, 0.29) is 25.7 Å². The Morgan fingerprint density at radius 1 is 1.57 bits per heavy atom. The molecule has 1 heterocycles. The Balaban J connectivity index is 2.35. The highest BCUT2D eigenvalue weighted by molar-refractivity contribution is 5.76. The number of hydrogen-bond acceptors (Lipinski definition) is 5. The molecule has 5 heteroatoms. The molecule has 0 radical (unpaired) electrons. The van der Waals surface area contributed by atoms with Gasteiger partial charge in [0.25, 0.3) is 0 Å². The van der Waals surface area contributed by atoms with Gasteiger partial charge in [0.1, 0.15) is 12.2 Å². The third kappa shape index (κ3) is 5.16. The molecule has 1 aliphatic heterocycles. The fourth-order valence-corrected chi connectivity index (χ4v) is 3.88. The molecule has 1 saturated heterocycles. The second-order valence-electron chi connectivity index (χ2n) is 7.98. The fraction of sp³-hybridized carbons (Fsp3) is 0.760. The first-order valence-corrected chi connectivity index (χ1v) is 9.72. The molecule has 8 atom stereocenters. The second-order valence-corrected chi connectivity index (χ2v) is 7.98. The maximum Gasteiger partial charge on any atom is 0.311 e. The van der Waals surface area contributed by atoms with E-state index in [0.717, 1.165) is 6.92 Å². The molecule has 3 aliphatic rings. The molecule has 0 amide bonds. The van der Waals surface area contributed by atoms with E-state index in [1.807, 2.05) is 0 Å². The van der Waals surface area contributed by atoms with Crippen LogP contribution in [0, 0.1) is 29.0 Å². The van der Waals surface area contributed by atoms with Crippen molar-refractivity contribution >= 4 is 11.9 Å². The summed E-state index contributed by atoms with van der Waals surface area (Å²) in [5.41, 5.74) is -4.33. The van der Waals surface area contributed by atoms with E-state index >= 15 is 0 Å². The van der Waals surface area contributed by atoms with E-state index < -0.39 is 116 Å². The number of aliphatic hydroxyl groups excluding tert-OH is 1. The number of allylic oxidation sites excluding steroid dienone is 3. The van der Waals surface area contributed by atoms with Gasteiger partial charge < -0.3 is 14.6 Å². The largest absolute Gasteiger partial charge is 0.462 e. The summed E-state index contributed by atoms with van der Waals surface area (Å²) in [5, 5.41) is 10.1. The lowest BCUT2D eigenvalue weighted by Crippen LogP contribution is -2.43.